The van der Waals surface area contributed by atoms with Crippen LogP contribution in [0, 0.1) is 5.92 Å². The largest absolute Gasteiger partial charge is 0.348 e. The van der Waals surface area contributed by atoms with E-state index in [-0.39, 0.29) is 24.4 Å². The van der Waals surface area contributed by atoms with Crippen LogP contribution in [0.15, 0.2) is 31.0 Å². The molecule has 2 fully saturated rings. The van der Waals surface area contributed by atoms with Crippen molar-refractivity contribution in [3.05, 3.63) is 36.7 Å². The van der Waals surface area contributed by atoms with Crippen molar-refractivity contribution in [2.75, 3.05) is 19.6 Å². The summed E-state index contributed by atoms with van der Waals surface area (Å²) >= 11 is 0. The van der Waals surface area contributed by atoms with Crippen molar-refractivity contribution in [2.24, 2.45) is 5.92 Å². The molecular weight excluding hydrogens is 332 g/mol. The van der Waals surface area contributed by atoms with Crippen LogP contribution in [0.25, 0.3) is 0 Å². The van der Waals surface area contributed by atoms with Crippen molar-refractivity contribution in [1.82, 2.24) is 29.5 Å². The van der Waals surface area contributed by atoms with Crippen LogP contribution >= 0.6 is 0 Å². The van der Waals surface area contributed by atoms with Crippen LogP contribution in [0.4, 0.5) is 0 Å². The maximum Gasteiger partial charge on any atom is 0.244 e. The molecular formula is C18H24N6O2. The van der Waals surface area contributed by atoms with E-state index in [1.165, 1.54) is 0 Å². The minimum absolute atomic E-state index is 0.105. The van der Waals surface area contributed by atoms with Crippen molar-refractivity contribution >= 4 is 11.8 Å². The lowest BCUT2D eigenvalue weighted by molar-refractivity contribution is -0.144. The fourth-order valence-electron chi connectivity index (χ4n) is 4.16. The van der Waals surface area contributed by atoms with E-state index < -0.39 is 0 Å². The highest BCUT2D eigenvalue weighted by molar-refractivity contribution is 5.78. The summed E-state index contributed by atoms with van der Waals surface area (Å²) < 4.78 is 1.66. The molecule has 26 heavy (non-hydrogen) atoms. The fraction of sp³-hybridized carbons (Fsp3) is 0.556. The second-order valence-electron chi connectivity index (χ2n) is 7.11. The maximum atomic E-state index is 12.5. The molecule has 2 atom stereocenters. The number of hydrogen-bond acceptors (Lipinski definition) is 4. The quantitative estimate of drug-likeness (QED) is 0.854. The normalized spacial score (nSPS) is 23.2. The third-order valence-corrected chi connectivity index (χ3v) is 5.53. The van der Waals surface area contributed by atoms with Gasteiger partial charge in [-0.1, -0.05) is 0 Å². The molecule has 138 valence electrons. The van der Waals surface area contributed by atoms with Crippen molar-refractivity contribution in [2.45, 2.75) is 38.3 Å². The Kier molecular flexibility index (Phi) is 4.73. The molecule has 8 heteroatoms. The second kappa shape index (κ2) is 7.31. The molecule has 4 heterocycles. The topological polar surface area (TPSA) is 87.1 Å². The van der Waals surface area contributed by atoms with Gasteiger partial charge in [0, 0.05) is 62.8 Å². The van der Waals surface area contributed by atoms with E-state index >= 15 is 0 Å². The predicted molar refractivity (Wildman–Crippen MR) is 93.9 cm³/mol. The van der Waals surface area contributed by atoms with E-state index in [4.69, 9.17) is 0 Å². The Bertz CT molecular complexity index is 742. The zero-order valence-corrected chi connectivity index (χ0v) is 14.8. The molecule has 2 aromatic rings. The number of rotatable bonds is 5. The van der Waals surface area contributed by atoms with Gasteiger partial charge >= 0.3 is 0 Å². The number of piperidine rings is 2. The molecule has 2 amide bonds. The highest BCUT2D eigenvalue weighted by Gasteiger charge is 2.40. The van der Waals surface area contributed by atoms with Gasteiger partial charge in [0.25, 0.3) is 0 Å². The van der Waals surface area contributed by atoms with Gasteiger partial charge in [0.15, 0.2) is 0 Å². The molecule has 4 rings (SSSR count). The first kappa shape index (κ1) is 16.8. The minimum Gasteiger partial charge on any atom is -0.348 e. The molecule has 0 spiro atoms. The van der Waals surface area contributed by atoms with E-state index in [0.29, 0.717) is 25.4 Å². The van der Waals surface area contributed by atoms with Crippen LogP contribution in [0.3, 0.4) is 0 Å². The number of carbonyl (C=O) groups is 2. The first-order valence-electron chi connectivity index (χ1n) is 9.22. The van der Waals surface area contributed by atoms with Gasteiger partial charge in [-0.25, -0.2) is 4.98 Å². The van der Waals surface area contributed by atoms with Crippen LogP contribution < -0.4 is 0 Å². The number of hydrogen-bond donors (Lipinski definition) is 1. The standard InChI is InChI=1S/C18H24N6O2/c25-17-3-2-14-11-22(18(26)12-23-7-1-6-21-23)8-5-16(14)24(17)9-4-15-10-19-13-20-15/h1,6-7,10,13-14,16H,2-5,8-9,11-12H2,(H,19,20)/t14-,16+/m1/s1. The summed E-state index contributed by atoms with van der Waals surface area (Å²) in [6, 6.07) is 2.07. The van der Waals surface area contributed by atoms with Crippen molar-refractivity contribution in [3.8, 4) is 0 Å². The summed E-state index contributed by atoms with van der Waals surface area (Å²) in [5.74, 6) is 0.708. The summed E-state index contributed by atoms with van der Waals surface area (Å²) in [6.45, 7) is 2.43. The van der Waals surface area contributed by atoms with Crippen molar-refractivity contribution < 1.29 is 9.59 Å². The lowest BCUT2D eigenvalue weighted by atomic mass is 9.83. The van der Waals surface area contributed by atoms with Crippen LogP contribution in [0.1, 0.15) is 25.0 Å². The Morgan fingerprint density at radius 1 is 1.35 bits per heavy atom. The average Bonchev–Trinajstić information content (AvgIpc) is 3.34. The molecule has 0 radical (unpaired) electrons. The molecule has 2 aliphatic heterocycles. The molecule has 0 aliphatic carbocycles. The highest BCUT2D eigenvalue weighted by Crippen LogP contribution is 2.31. The lowest BCUT2D eigenvalue weighted by Crippen LogP contribution is -2.57. The van der Waals surface area contributed by atoms with Crippen molar-refractivity contribution in [1.29, 1.82) is 0 Å². The van der Waals surface area contributed by atoms with Gasteiger partial charge in [0.2, 0.25) is 11.8 Å². The smallest absolute Gasteiger partial charge is 0.244 e. The Balaban J connectivity index is 1.37. The Morgan fingerprint density at radius 2 is 2.27 bits per heavy atom. The number of amides is 2. The average molecular weight is 356 g/mol. The molecule has 0 saturated carbocycles. The summed E-state index contributed by atoms with van der Waals surface area (Å²) in [5.41, 5.74) is 1.05. The fourth-order valence-corrected chi connectivity index (χ4v) is 4.16. The maximum absolute atomic E-state index is 12.5. The van der Waals surface area contributed by atoms with Crippen LogP contribution in [0.2, 0.25) is 0 Å². The first-order valence-corrected chi connectivity index (χ1v) is 9.22. The van der Waals surface area contributed by atoms with E-state index in [9.17, 15) is 9.59 Å². The summed E-state index contributed by atoms with van der Waals surface area (Å²) in [6.07, 6.45) is 10.1. The number of carbonyl (C=O) groups excluding carboxylic acids is 2. The summed E-state index contributed by atoms with van der Waals surface area (Å²) in [4.78, 5) is 36.1. The van der Waals surface area contributed by atoms with Gasteiger partial charge in [0.1, 0.15) is 6.54 Å². The van der Waals surface area contributed by atoms with Gasteiger partial charge in [-0.05, 0) is 24.8 Å². The van der Waals surface area contributed by atoms with E-state index in [1.54, 1.807) is 23.4 Å². The number of nitrogens with zero attached hydrogens (tertiary/aromatic N) is 5. The van der Waals surface area contributed by atoms with E-state index in [0.717, 1.165) is 31.5 Å². The highest BCUT2D eigenvalue weighted by atomic mass is 16.2. The predicted octanol–water partition coefficient (Wildman–Crippen LogP) is 0.688. The third-order valence-electron chi connectivity index (χ3n) is 5.53. The number of H-pyrrole nitrogens is 1. The van der Waals surface area contributed by atoms with Gasteiger partial charge in [-0.15, -0.1) is 0 Å². The number of imidazole rings is 1. The molecule has 0 aromatic carbocycles. The van der Waals surface area contributed by atoms with Crippen LogP contribution in [-0.2, 0) is 22.6 Å². The van der Waals surface area contributed by atoms with Gasteiger partial charge in [-0.2, -0.15) is 5.10 Å². The Labute approximate surface area is 152 Å². The van der Waals surface area contributed by atoms with Crippen LogP contribution in [-0.4, -0.2) is 67.0 Å². The van der Waals surface area contributed by atoms with Crippen LogP contribution in [0.5, 0.6) is 0 Å². The zero-order chi connectivity index (χ0) is 17.9. The number of nitrogens with one attached hydrogen (secondary N) is 1. The second-order valence-corrected chi connectivity index (χ2v) is 7.11. The van der Waals surface area contributed by atoms with E-state index in [2.05, 4.69) is 15.1 Å². The number of aromatic nitrogens is 4. The minimum atomic E-state index is 0.105. The molecule has 2 aliphatic rings. The Hall–Kier alpha value is -2.64. The number of likely N-dealkylation sites (tertiary alicyclic amines) is 2. The lowest BCUT2D eigenvalue weighted by Gasteiger charge is -2.47. The number of aromatic amines is 1. The zero-order valence-electron chi connectivity index (χ0n) is 14.8. The summed E-state index contributed by atoms with van der Waals surface area (Å²) in [7, 11) is 0. The van der Waals surface area contributed by atoms with E-state index in [1.807, 2.05) is 22.1 Å². The summed E-state index contributed by atoms with van der Waals surface area (Å²) in [5, 5.41) is 4.11. The molecule has 0 bridgehead atoms. The monoisotopic (exact) mass is 356 g/mol. The van der Waals surface area contributed by atoms with Gasteiger partial charge in [-0.3, -0.25) is 14.3 Å². The first-order chi connectivity index (χ1) is 12.7. The number of fused-ring (bicyclic) bond motifs is 1. The van der Waals surface area contributed by atoms with Crippen molar-refractivity contribution in [3.63, 3.8) is 0 Å². The SMILES string of the molecule is O=C(Cn1cccn1)N1CC[C@H]2[C@H](CCC(=O)N2CCc2cnc[nH]2)C1. The third kappa shape index (κ3) is 3.49. The molecule has 1 N–H and O–H groups in total. The van der Waals surface area contributed by atoms with Gasteiger partial charge in [0.05, 0.1) is 6.33 Å². The Morgan fingerprint density at radius 3 is 3.04 bits per heavy atom. The molecule has 2 saturated heterocycles. The molecule has 2 aromatic heterocycles. The molecule has 8 nitrogen and oxygen atoms in total. The van der Waals surface area contributed by atoms with Gasteiger partial charge < -0.3 is 14.8 Å². The molecule has 0 unspecified atom stereocenters.